The first-order chi connectivity index (χ1) is 11.3. The van der Waals surface area contributed by atoms with E-state index in [4.69, 9.17) is 10.5 Å². The standard InChI is InChI=1S/C18H19N3O3/c1-18(2)12-6-4-10(8-14(12)21-17(18)23)16(22)20-13-7-5-11(19)9-15(13)24-3/h4-9H,19H2,1-3H3,(H,20,22)(H,21,23). The molecule has 0 atom stereocenters. The minimum absolute atomic E-state index is 0.0738. The lowest BCUT2D eigenvalue weighted by molar-refractivity contribution is -0.119. The van der Waals surface area contributed by atoms with Gasteiger partial charge in [-0.25, -0.2) is 0 Å². The van der Waals surface area contributed by atoms with Crippen molar-refractivity contribution >= 4 is 28.9 Å². The molecule has 0 unspecified atom stereocenters. The highest BCUT2D eigenvalue weighted by atomic mass is 16.5. The molecule has 2 aromatic carbocycles. The van der Waals surface area contributed by atoms with Crippen molar-refractivity contribution in [2.45, 2.75) is 19.3 Å². The fourth-order valence-corrected chi connectivity index (χ4v) is 2.74. The summed E-state index contributed by atoms with van der Waals surface area (Å²) in [5, 5.41) is 5.61. The molecular formula is C18H19N3O3. The van der Waals surface area contributed by atoms with E-state index < -0.39 is 5.41 Å². The normalized spacial score (nSPS) is 14.7. The van der Waals surface area contributed by atoms with E-state index in [1.165, 1.54) is 7.11 Å². The Bertz CT molecular complexity index is 843. The molecule has 0 spiro atoms. The fraction of sp³-hybridized carbons (Fsp3) is 0.222. The van der Waals surface area contributed by atoms with Crippen LogP contribution in [0, 0.1) is 0 Å². The molecule has 0 radical (unpaired) electrons. The number of ether oxygens (including phenoxy) is 1. The molecule has 1 aliphatic rings. The maximum atomic E-state index is 12.5. The average Bonchev–Trinajstić information content (AvgIpc) is 2.78. The Balaban J connectivity index is 1.88. The fourth-order valence-electron chi connectivity index (χ4n) is 2.74. The molecular weight excluding hydrogens is 306 g/mol. The van der Waals surface area contributed by atoms with E-state index in [-0.39, 0.29) is 11.8 Å². The molecule has 0 saturated heterocycles. The number of methoxy groups -OCH3 is 1. The molecule has 0 saturated carbocycles. The number of rotatable bonds is 3. The van der Waals surface area contributed by atoms with E-state index in [2.05, 4.69) is 10.6 Å². The van der Waals surface area contributed by atoms with Crippen molar-refractivity contribution in [1.29, 1.82) is 0 Å². The van der Waals surface area contributed by atoms with Crippen molar-refractivity contribution in [2.24, 2.45) is 0 Å². The molecule has 6 nitrogen and oxygen atoms in total. The third kappa shape index (κ3) is 2.56. The second-order valence-corrected chi connectivity index (χ2v) is 6.25. The monoisotopic (exact) mass is 325 g/mol. The van der Waals surface area contributed by atoms with E-state index in [0.717, 1.165) is 5.56 Å². The zero-order chi connectivity index (χ0) is 17.5. The summed E-state index contributed by atoms with van der Waals surface area (Å²) >= 11 is 0. The van der Waals surface area contributed by atoms with E-state index in [0.29, 0.717) is 28.4 Å². The molecule has 3 rings (SSSR count). The largest absolute Gasteiger partial charge is 0.494 e. The smallest absolute Gasteiger partial charge is 0.255 e. The predicted octanol–water partition coefficient (Wildman–Crippen LogP) is 2.76. The maximum Gasteiger partial charge on any atom is 0.255 e. The van der Waals surface area contributed by atoms with E-state index in [1.807, 2.05) is 19.9 Å². The molecule has 0 bridgehead atoms. The molecule has 1 aliphatic heterocycles. The van der Waals surface area contributed by atoms with Crippen LogP contribution < -0.4 is 21.1 Å². The number of nitrogen functional groups attached to an aromatic ring is 1. The van der Waals surface area contributed by atoms with Gasteiger partial charge in [-0.05, 0) is 43.7 Å². The molecule has 24 heavy (non-hydrogen) atoms. The summed E-state index contributed by atoms with van der Waals surface area (Å²) < 4.78 is 5.23. The van der Waals surface area contributed by atoms with Gasteiger partial charge in [-0.2, -0.15) is 0 Å². The Morgan fingerprint density at radius 1 is 1.21 bits per heavy atom. The molecule has 4 N–H and O–H groups in total. The zero-order valence-corrected chi connectivity index (χ0v) is 13.8. The third-order valence-corrected chi connectivity index (χ3v) is 4.24. The zero-order valence-electron chi connectivity index (χ0n) is 13.8. The highest BCUT2D eigenvalue weighted by molar-refractivity contribution is 6.09. The Morgan fingerprint density at radius 3 is 2.67 bits per heavy atom. The number of benzene rings is 2. The van der Waals surface area contributed by atoms with Gasteiger partial charge in [0.15, 0.2) is 0 Å². The summed E-state index contributed by atoms with van der Waals surface area (Å²) in [4.78, 5) is 24.5. The summed E-state index contributed by atoms with van der Waals surface area (Å²) in [6.07, 6.45) is 0. The van der Waals surface area contributed by atoms with E-state index in [9.17, 15) is 9.59 Å². The van der Waals surface area contributed by atoms with Crippen molar-refractivity contribution in [3.63, 3.8) is 0 Å². The number of nitrogens with one attached hydrogen (secondary N) is 2. The van der Waals surface area contributed by atoms with Gasteiger partial charge in [0.05, 0.1) is 18.2 Å². The van der Waals surface area contributed by atoms with Crippen LogP contribution in [0.5, 0.6) is 5.75 Å². The van der Waals surface area contributed by atoms with Gasteiger partial charge in [0.25, 0.3) is 5.91 Å². The lowest BCUT2D eigenvalue weighted by Gasteiger charge is -2.15. The van der Waals surface area contributed by atoms with Gasteiger partial charge in [-0.1, -0.05) is 6.07 Å². The van der Waals surface area contributed by atoms with Crippen molar-refractivity contribution in [3.05, 3.63) is 47.5 Å². The molecule has 0 aliphatic carbocycles. The topological polar surface area (TPSA) is 93.4 Å². The average molecular weight is 325 g/mol. The molecule has 1 heterocycles. The number of carbonyl (C=O) groups is 2. The molecule has 6 heteroatoms. The summed E-state index contributed by atoms with van der Waals surface area (Å²) in [5.41, 5.74) is 8.20. The Kier molecular flexibility index (Phi) is 3.67. The lowest BCUT2D eigenvalue weighted by atomic mass is 9.86. The van der Waals surface area contributed by atoms with E-state index in [1.54, 1.807) is 30.3 Å². The quantitative estimate of drug-likeness (QED) is 0.756. The van der Waals surface area contributed by atoms with E-state index >= 15 is 0 Å². The number of nitrogens with two attached hydrogens (primary N) is 1. The van der Waals surface area contributed by atoms with Crippen LogP contribution in [0.25, 0.3) is 0 Å². The van der Waals surface area contributed by atoms with Gasteiger partial charge >= 0.3 is 0 Å². The summed E-state index contributed by atoms with van der Waals surface area (Å²) in [6, 6.07) is 10.2. The summed E-state index contributed by atoms with van der Waals surface area (Å²) in [7, 11) is 1.51. The van der Waals surface area contributed by atoms with Crippen molar-refractivity contribution in [2.75, 3.05) is 23.5 Å². The van der Waals surface area contributed by atoms with Crippen LogP contribution in [-0.4, -0.2) is 18.9 Å². The minimum atomic E-state index is -0.593. The highest BCUT2D eigenvalue weighted by Gasteiger charge is 2.38. The molecule has 0 fully saturated rings. The van der Waals surface area contributed by atoms with Gasteiger partial charge in [-0.3, -0.25) is 9.59 Å². The Morgan fingerprint density at radius 2 is 1.96 bits per heavy atom. The lowest BCUT2D eigenvalue weighted by Crippen LogP contribution is -2.26. The Hall–Kier alpha value is -3.02. The predicted molar refractivity (Wildman–Crippen MR) is 93.5 cm³/mol. The minimum Gasteiger partial charge on any atom is -0.494 e. The molecule has 2 aromatic rings. The molecule has 2 amide bonds. The maximum absolute atomic E-state index is 12.5. The van der Waals surface area contributed by atoms with Crippen LogP contribution in [0.4, 0.5) is 17.1 Å². The summed E-state index contributed by atoms with van der Waals surface area (Å²) in [5.74, 6) is 0.119. The second-order valence-electron chi connectivity index (χ2n) is 6.25. The van der Waals surface area contributed by atoms with Crippen LogP contribution in [0.1, 0.15) is 29.8 Å². The van der Waals surface area contributed by atoms with Crippen molar-refractivity contribution in [3.8, 4) is 5.75 Å². The first-order valence-corrected chi connectivity index (χ1v) is 7.54. The molecule has 0 aromatic heterocycles. The number of amides is 2. The third-order valence-electron chi connectivity index (χ3n) is 4.24. The van der Waals surface area contributed by atoms with Crippen molar-refractivity contribution < 1.29 is 14.3 Å². The first-order valence-electron chi connectivity index (χ1n) is 7.54. The summed E-state index contributed by atoms with van der Waals surface area (Å²) in [6.45, 7) is 3.71. The molecule has 124 valence electrons. The second kappa shape index (κ2) is 5.56. The van der Waals surface area contributed by atoms with Crippen molar-refractivity contribution in [1.82, 2.24) is 0 Å². The highest BCUT2D eigenvalue weighted by Crippen LogP contribution is 2.37. The Labute approximate surface area is 140 Å². The number of hydrogen-bond donors (Lipinski definition) is 3. The van der Waals surface area contributed by atoms with Gasteiger partial charge in [-0.15, -0.1) is 0 Å². The van der Waals surface area contributed by atoms with Gasteiger partial charge in [0, 0.05) is 23.0 Å². The number of hydrogen-bond acceptors (Lipinski definition) is 4. The van der Waals surface area contributed by atoms with Crippen LogP contribution in [0.2, 0.25) is 0 Å². The first kappa shape index (κ1) is 15.9. The SMILES string of the molecule is COc1cc(N)ccc1NC(=O)c1ccc2c(c1)NC(=O)C2(C)C. The van der Waals surface area contributed by atoms with Crippen LogP contribution in [0.3, 0.4) is 0 Å². The van der Waals surface area contributed by atoms with Gasteiger partial charge in [0.1, 0.15) is 5.75 Å². The number of carbonyl (C=O) groups excluding carboxylic acids is 2. The van der Waals surface area contributed by atoms with Crippen LogP contribution in [-0.2, 0) is 10.2 Å². The number of anilines is 3. The van der Waals surface area contributed by atoms with Gasteiger partial charge in [0.2, 0.25) is 5.91 Å². The van der Waals surface area contributed by atoms with Crippen LogP contribution in [0.15, 0.2) is 36.4 Å². The van der Waals surface area contributed by atoms with Gasteiger partial charge < -0.3 is 21.1 Å². The number of fused-ring (bicyclic) bond motifs is 1. The van der Waals surface area contributed by atoms with Crippen LogP contribution >= 0.6 is 0 Å².